The largest absolute Gasteiger partial charge is 0.477 e. The minimum atomic E-state index is -1.28. The van der Waals surface area contributed by atoms with Crippen LogP contribution in [0.4, 0.5) is 10.1 Å². The van der Waals surface area contributed by atoms with E-state index in [1.165, 1.54) is 17.8 Å². The Labute approximate surface area is 178 Å². The van der Waals surface area contributed by atoms with E-state index in [2.05, 4.69) is 12.1 Å². The zero-order valence-corrected chi connectivity index (χ0v) is 17.1. The molecule has 2 heterocycles. The van der Waals surface area contributed by atoms with Crippen molar-refractivity contribution in [2.45, 2.75) is 37.8 Å². The molecule has 3 aromatic rings. The molecule has 7 heteroatoms. The van der Waals surface area contributed by atoms with E-state index in [-0.39, 0.29) is 22.9 Å². The van der Waals surface area contributed by atoms with Gasteiger partial charge in [0.05, 0.1) is 11.2 Å². The van der Waals surface area contributed by atoms with Crippen LogP contribution in [0, 0.1) is 5.82 Å². The highest BCUT2D eigenvalue weighted by Crippen LogP contribution is 2.39. The number of nitrogens with two attached hydrogens (primary N) is 1. The first kappa shape index (κ1) is 19.8. The zero-order valence-electron chi connectivity index (χ0n) is 17.1. The summed E-state index contributed by atoms with van der Waals surface area (Å²) < 4.78 is 17.0. The van der Waals surface area contributed by atoms with E-state index in [0.717, 1.165) is 24.8 Å². The Kier molecular flexibility index (Phi) is 4.78. The number of carboxylic acids is 1. The van der Waals surface area contributed by atoms with Crippen molar-refractivity contribution in [1.29, 1.82) is 0 Å². The second kappa shape index (κ2) is 7.50. The molecular weight excluding hydrogens is 397 g/mol. The standard InChI is InChI=1S/C24H24FN3O3/c25-20-9-18-21(28(17-4-5-17)13-19(23(18)29)24(30)31)10-22(20)27-7-6-16(12-27)15-3-1-2-14(8-15)11-26/h1-3,8-10,13,16-17H,4-7,11-12,26H2,(H,30,31). The van der Waals surface area contributed by atoms with Crippen LogP contribution in [-0.2, 0) is 6.54 Å². The van der Waals surface area contributed by atoms with Crippen LogP contribution in [0.3, 0.4) is 0 Å². The average molecular weight is 421 g/mol. The van der Waals surface area contributed by atoms with Crippen molar-refractivity contribution in [1.82, 2.24) is 4.57 Å². The van der Waals surface area contributed by atoms with E-state index in [4.69, 9.17) is 5.73 Å². The highest BCUT2D eigenvalue weighted by Gasteiger charge is 2.30. The number of pyridine rings is 1. The fourth-order valence-corrected chi connectivity index (χ4v) is 4.63. The molecule has 2 aliphatic rings. The number of aromatic carboxylic acids is 1. The van der Waals surface area contributed by atoms with Crippen LogP contribution in [0.2, 0.25) is 0 Å². The maximum absolute atomic E-state index is 15.1. The third-order valence-electron chi connectivity index (χ3n) is 6.46. The fraction of sp³-hybridized carbons (Fsp3) is 0.333. The normalized spacial score (nSPS) is 18.6. The summed E-state index contributed by atoms with van der Waals surface area (Å²) in [5.74, 6) is -1.50. The SMILES string of the molecule is NCc1cccc(C2CCN(c3cc4c(cc3F)c(=O)c(C(=O)O)cn4C3CC3)C2)c1. The van der Waals surface area contributed by atoms with Gasteiger partial charge in [-0.1, -0.05) is 24.3 Å². The molecule has 1 aliphatic heterocycles. The first-order valence-corrected chi connectivity index (χ1v) is 10.6. The number of anilines is 1. The van der Waals surface area contributed by atoms with Crippen molar-refractivity contribution < 1.29 is 14.3 Å². The van der Waals surface area contributed by atoms with Crippen LogP contribution in [0.25, 0.3) is 10.9 Å². The van der Waals surface area contributed by atoms with E-state index in [0.29, 0.717) is 30.8 Å². The van der Waals surface area contributed by atoms with Crippen molar-refractivity contribution in [2.24, 2.45) is 5.73 Å². The Balaban J connectivity index is 1.54. The third-order valence-corrected chi connectivity index (χ3v) is 6.46. The summed E-state index contributed by atoms with van der Waals surface area (Å²) in [6.45, 7) is 1.87. The zero-order chi connectivity index (χ0) is 21.7. The molecule has 1 unspecified atom stereocenters. The maximum atomic E-state index is 15.1. The Morgan fingerprint density at radius 1 is 1.19 bits per heavy atom. The molecule has 160 valence electrons. The molecule has 3 N–H and O–H groups in total. The first-order chi connectivity index (χ1) is 15.0. The Bertz CT molecular complexity index is 1250. The number of rotatable bonds is 5. The fourth-order valence-electron chi connectivity index (χ4n) is 4.63. The number of nitrogens with zero attached hydrogens (tertiary/aromatic N) is 2. The van der Waals surface area contributed by atoms with Crippen molar-refractivity contribution in [3.05, 3.63) is 75.3 Å². The number of aromatic nitrogens is 1. The molecule has 1 atom stereocenters. The summed E-state index contributed by atoms with van der Waals surface area (Å²) in [5.41, 5.74) is 8.16. The lowest BCUT2D eigenvalue weighted by molar-refractivity contribution is 0.0695. The van der Waals surface area contributed by atoms with Crippen LogP contribution < -0.4 is 16.1 Å². The number of hydrogen-bond donors (Lipinski definition) is 2. The Morgan fingerprint density at radius 3 is 2.71 bits per heavy atom. The highest BCUT2D eigenvalue weighted by molar-refractivity contribution is 5.93. The van der Waals surface area contributed by atoms with Gasteiger partial charge in [0.1, 0.15) is 11.4 Å². The van der Waals surface area contributed by atoms with Crippen molar-refractivity contribution in [2.75, 3.05) is 18.0 Å². The number of halogens is 1. The minimum Gasteiger partial charge on any atom is -0.477 e. The molecule has 1 aliphatic carbocycles. The van der Waals surface area contributed by atoms with Gasteiger partial charge in [-0.05, 0) is 42.5 Å². The number of carbonyl (C=O) groups is 1. The van der Waals surface area contributed by atoms with E-state index < -0.39 is 17.2 Å². The predicted molar refractivity (Wildman–Crippen MR) is 117 cm³/mol. The van der Waals surface area contributed by atoms with Crippen LogP contribution in [0.1, 0.15) is 52.7 Å². The van der Waals surface area contributed by atoms with Crippen LogP contribution in [-0.4, -0.2) is 28.7 Å². The van der Waals surface area contributed by atoms with Gasteiger partial charge in [-0.25, -0.2) is 9.18 Å². The Hall–Kier alpha value is -3.19. The maximum Gasteiger partial charge on any atom is 0.341 e. The summed E-state index contributed by atoms with van der Waals surface area (Å²) >= 11 is 0. The third kappa shape index (κ3) is 3.49. The summed E-state index contributed by atoms with van der Waals surface area (Å²) in [6, 6.07) is 11.3. The average Bonchev–Trinajstić information content (AvgIpc) is 3.49. The molecule has 2 fully saturated rings. The molecule has 0 spiro atoms. The number of carboxylic acid groups (broad SMARTS) is 1. The highest BCUT2D eigenvalue weighted by atomic mass is 19.1. The van der Waals surface area contributed by atoms with Gasteiger partial charge in [-0.2, -0.15) is 0 Å². The minimum absolute atomic E-state index is 0.124. The molecule has 1 aromatic heterocycles. The number of fused-ring (bicyclic) bond motifs is 1. The summed E-state index contributed by atoms with van der Waals surface area (Å²) in [6.07, 6.45) is 4.16. The van der Waals surface area contributed by atoms with Gasteiger partial charge in [-0.15, -0.1) is 0 Å². The van der Waals surface area contributed by atoms with Gasteiger partial charge < -0.3 is 20.3 Å². The van der Waals surface area contributed by atoms with Crippen molar-refractivity contribution in [3.63, 3.8) is 0 Å². The van der Waals surface area contributed by atoms with Gasteiger partial charge >= 0.3 is 5.97 Å². The lowest BCUT2D eigenvalue weighted by atomic mass is 9.96. The molecule has 2 aromatic carbocycles. The molecule has 1 saturated heterocycles. The lowest BCUT2D eigenvalue weighted by Gasteiger charge is -2.21. The van der Waals surface area contributed by atoms with Gasteiger partial charge in [0, 0.05) is 43.2 Å². The topological polar surface area (TPSA) is 88.6 Å². The summed E-state index contributed by atoms with van der Waals surface area (Å²) in [5, 5.41) is 9.52. The Morgan fingerprint density at radius 2 is 2.00 bits per heavy atom. The van der Waals surface area contributed by atoms with E-state index >= 15 is 4.39 Å². The van der Waals surface area contributed by atoms with Gasteiger partial charge in [0.15, 0.2) is 0 Å². The van der Waals surface area contributed by atoms with E-state index in [1.807, 2.05) is 21.6 Å². The smallest absolute Gasteiger partial charge is 0.341 e. The number of hydrogen-bond acceptors (Lipinski definition) is 4. The molecule has 6 nitrogen and oxygen atoms in total. The molecule has 0 amide bonds. The second-order valence-electron chi connectivity index (χ2n) is 8.52. The summed E-state index contributed by atoms with van der Waals surface area (Å²) in [4.78, 5) is 26.2. The van der Waals surface area contributed by atoms with Gasteiger partial charge in [-0.3, -0.25) is 4.79 Å². The quantitative estimate of drug-likeness (QED) is 0.657. The van der Waals surface area contributed by atoms with Gasteiger partial charge in [0.25, 0.3) is 0 Å². The van der Waals surface area contributed by atoms with Crippen molar-refractivity contribution in [3.8, 4) is 0 Å². The van der Waals surface area contributed by atoms with Gasteiger partial charge in [0.2, 0.25) is 5.43 Å². The van der Waals surface area contributed by atoms with Crippen LogP contribution >= 0.6 is 0 Å². The monoisotopic (exact) mass is 421 g/mol. The molecule has 1 saturated carbocycles. The second-order valence-corrected chi connectivity index (χ2v) is 8.52. The van der Waals surface area contributed by atoms with E-state index in [1.54, 1.807) is 6.07 Å². The molecule has 0 bridgehead atoms. The lowest BCUT2D eigenvalue weighted by Crippen LogP contribution is -2.22. The molecule has 5 rings (SSSR count). The number of benzene rings is 2. The molecular formula is C24H24FN3O3. The molecule has 31 heavy (non-hydrogen) atoms. The van der Waals surface area contributed by atoms with E-state index in [9.17, 15) is 14.7 Å². The van der Waals surface area contributed by atoms with Crippen LogP contribution in [0.15, 0.2) is 47.4 Å². The van der Waals surface area contributed by atoms with Crippen LogP contribution in [0.5, 0.6) is 0 Å². The summed E-state index contributed by atoms with van der Waals surface area (Å²) in [7, 11) is 0. The first-order valence-electron chi connectivity index (χ1n) is 10.6. The predicted octanol–water partition coefficient (Wildman–Crippen LogP) is 3.63. The van der Waals surface area contributed by atoms with Crippen molar-refractivity contribution >= 4 is 22.6 Å². The molecule has 0 radical (unpaired) electrons.